The van der Waals surface area contributed by atoms with Crippen molar-refractivity contribution in [3.63, 3.8) is 0 Å². The van der Waals surface area contributed by atoms with E-state index in [4.69, 9.17) is 0 Å². The second-order valence-corrected chi connectivity index (χ2v) is 8.69. The van der Waals surface area contributed by atoms with E-state index in [1.54, 1.807) is 32.0 Å². The molecule has 2 N–H and O–H groups in total. The predicted molar refractivity (Wildman–Crippen MR) is 101 cm³/mol. The molecule has 0 bridgehead atoms. The number of hydrogen-bond acceptors (Lipinski definition) is 4. The minimum Gasteiger partial charge on any atom is -0.348 e. The molecule has 0 aromatic heterocycles. The monoisotopic (exact) mass is 374 g/mol. The van der Waals surface area contributed by atoms with Crippen LogP contribution in [0.15, 0.2) is 53.4 Å². The van der Waals surface area contributed by atoms with Gasteiger partial charge in [0.25, 0.3) is 5.91 Å². The van der Waals surface area contributed by atoms with E-state index in [-0.39, 0.29) is 23.3 Å². The van der Waals surface area contributed by atoms with Gasteiger partial charge < -0.3 is 10.6 Å². The van der Waals surface area contributed by atoms with Crippen LogP contribution in [0.4, 0.5) is 5.69 Å². The molecule has 0 atom stereocenters. The Morgan fingerprint density at radius 1 is 1.04 bits per heavy atom. The molecule has 0 heterocycles. The van der Waals surface area contributed by atoms with Gasteiger partial charge in [0.05, 0.1) is 10.1 Å². The number of rotatable bonds is 6. The van der Waals surface area contributed by atoms with E-state index >= 15 is 0 Å². The van der Waals surface area contributed by atoms with Crippen LogP contribution in [0, 0.1) is 0 Å². The van der Waals surface area contributed by atoms with Crippen molar-refractivity contribution in [3.8, 4) is 0 Å². The fourth-order valence-corrected chi connectivity index (χ4v) is 3.37. The minimum atomic E-state index is -3.36. The Labute approximate surface area is 153 Å². The van der Waals surface area contributed by atoms with E-state index < -0.39 is 15.1 Å². The van der Waals surface area contributed by atoms with Crippen molar-refractivity contribution in [2.45, 2.75) is 37.5 Å². The van der Waals surface area contributed by atoms with Crippen LogP contribution in [0.5, 0.6) is 0 Å². The standard InChI is InChI=1S/C19H22N2O4S/c1-13(2)26(24,25)18-9-7-16(8-10-18)19(23)20-12-15-5-4-6-17(11-15)21-14(3)22/h4-11,13H,12H2,1-3H3,(H,20,23)(H,21,22). The summed E-state index contributed by atoms with van der Waals surface area (Å²) in [6.45, 7) is 4.95. The Balaban J connectivity index is 2.03. The highest BCUT2D eigenvalue weighted by Crippen LogP contribution is 2.17. The second-order valence-electron chi connectivity index (χ2n) is 6.18. The lowest BCUT2D eigenvalue weighted by Gasteiger charge is -2.10. The van der Waals surface area contributed by atoms with Crippen molar-refractivity contribution in [2.75, 3.05) is 5.32 Å². The van der Waals surface area contributed by atoms with Crippen LogP contribution in [-0.4, -0.2) is 25.5 Å². The second kappa shape index (κ2) is 8.14. The Hall–Kier alpha value is -2.67. The summed E-state index contributed by atoms with van der Waals surface area (Å²) in [5.74, 6) is -0.467. The maximum absolute atomic E-state index is 12.2. The number of carbonyl (C=O) groups is 2. The van der Waals surface area contributed by atoms with Crippen LogP contribution in [0.1, 0.15) is 36.7 Å². The normalized spacial score (nSPS) is 11.2. The lowest BCUT2D eigenvalue weighted by molar-refractivity contribution is -0.114. The summed E-state index contributed by atoms with van der Waals surface area (Å²) in [4.78, 5) is 23.5. The summed E-state index contributed by atoms with van der Waals surface area (Å²) < 4.78 is 24.2. The van der Waals surface area contributed by atoms with Gasteiger partial charge >= 0.3 is 0 Å². The van der Waals surface area contributed by atoms with Gasteiger partial charge in [-0.05, 0) is 55.8 Å². The molecule has 2 aromatic rings. The van der Waals surface area contributed by atoms with Gasteiger partial charge in [0.15, 0.2) is 9.84 Å². The van der Waals surface area contributed by atoms with Crippen molar-refractivity contribution in [3.05, 3.63) is 59.7 Å². The van der Waals surface area contributed by atoms with E-state index in [1.165, 1.54) is 31.2 Å². The van der Waals surface area contributed by atoms with E-state index in [0.29, 0.717) is 11.3 Å². The topological polar surface area (TPSA) is 92.3 Å². The van der Waals surface area contributed by atoms with Crippen LogP contribution in [-0.2, 0) is 21.2 Å². The summed E-state index contributed by atoms with van der Waals surface area (Å²) in [7, 11) is -3.36. The molecule has 0 spiro atoms. The van der Waals surface area contributed by atoms with Gasteiger partial charge in [-0.3, -0.25) is 9.59 Å². The van der Waals surface area contributed by atoms with Crippen molar-refractivity contribution >= 4 is 27.3 Å². The largest absolute Gasteiger partial charge is 0.348 e. The Kier molecular flexibility index (Phi) is 6.15. The van der Waals surface area contributed by atoms with E-state index in [9.17, 15) is 18.0 Å². The molecule has 0 fully saturated rings. The first-order valence-electron chi connectivity index (χ1n) is 8.19. The highest BCUT2D eigenvalue weighted by Gasteiger charge is 2.19. The zero-order chi connectivity index (χ0) is 19.3. The fraction of sp³-hybridized carbons (Fsp3) is 0.263. The summed E-state index contributed by atoms with van der Waals surface area (Å²) in [5, 5.41) is 4.95. The Morgan fingerprint density at radius 3 is 2.27 bits per heavy atom. The molecule has 2 rings (SSSR count). The average Bonchev–Trinajstić information content (AvgIpc) is 2.59. The molecular weight excluding hydrogens is 352 g/mol. The number of nitrogens with one attached hydrogen (secondary N) is 2. The number of sulfone groups is 1. The van der Waals surface area contributed by atoms with E-state index in [1.807, 2.05) is 6.07 Å². The van der Waals surface area contributed by atoms with Gasteiger partial charge in [-0.15, -0.1) is 0 Å². The van der Waals surface area contributed by atoms with Gasteiger partial charge in [0.2, 0.25) is 5.91 Å². The molecule has 2 aromatic carbocycles. The molecule has 0 radical (unpaired) electrons. The Bertz CT molecular complexity index is 903. The zero-order valence-electron chi connectivity index (χ0n) is 14.9. The Morgan fingerprint density at radius 2 is 1.69 bits per heavy atom. The number of amides is 2. The van der Waals surface area contributed by atoms with E-state index in [0.717, 1.165) is 5.56 Å². The number of benzene rings is 2. The van der Waals surface area contributed by atoms with Crippen molar-refractivity contribution in [1.29, 1.82) is 0 Å². The fourth-order valence-electron chi connectivity index (χ4n) is 2.31. The maximum atomic E-state index is 12.2. The van der Waals surface area contributed by atoms with Crippen LogP contribution >= 0.6 is 0 Å². The molecule has 0 aliphatic carbocycles. The third-order valence-electron chi connectivity index (χ3n) is 3.77. The molecule has 0 saturated carbocycles. The lowest BCUT2D eigenvalue weighted by atomic mass is 10.1. The quantitative estimate of drug-likeness (QED) is 0.813. The summed E-state index contributed by atoms with van der Waals surface area (Å²) >= 11 is 0. The van der Waals surface area contributed by atoms with Crippen LogP contribution < -0.4 is 10.6 Å². The molecule has 6 nitrogen and oxygen atoms in total. The van der Waals surface area contributed by atoms with Gasteiger partial charge in [0.1, 0.15) is 0 Å². The predicted octanol–water partition coefficient (Wildman–Crippen LogP) is 2.76. The summed E-state index contributed by atoms with van der Waals surface area (Å²) in [5.41, 5.74) is 1.88. The number of hydrogen-bond donors (Lipinski definition) is 2. The molecule has 0 saturated heterocycles. The minimum absolute atomic E-state index is 0.164. The third-order valence-corrected chi connectivity index (χ3v) is 5.94. The van der Waals surface area contributed by atoms with Crippen molar-refractivity contribution < 1.29 is 18.0 Å². The van der Waals surface area contributed by atoms with Crippen LogP contribution in [0.3, 0.4) is 0 Å². The smallest absolute Gasteiger partial charge is 0.251 e. The SMILES string of the molecule is CC(=O)Nc1cccc(CNC(=O)c2ccc(S(=O)(=O)C(C)C)cc2)c1. The third kappa shape index (κ3) is 4.92. The molecule has 26 heavy (non-hydrogen) atoms. The zero-order valence-corrected chi connectivity index (χ0v) is 15.8. The molecule has 0 aliphatic rings. The molecule has 2 amide bonds. The first-order valence-corrected chi connectivity index (χ1v) is 9.73. The highest BCUT2D eigenvalue weighted by molar-refractivity contribution is 7.92. The average molecular weight is 374 g/mol. The molecule has 138 valence electrons. The number of carbonyl (C=O) groups excluding carboxylic acids is 2. The molecule has 0 unspecified atom stereocenters. The van der Waals surface area contributed by atoms with Gasteiger partial charge in [-0.1, -0.05) is 12.1 Å². The summed E-state index contributed by atoms with van der Waals surface area (Å²) in [6, 6.07) is 13.1. The van der Waals surface area contributed by atoms with Crippen molar-refractivity contribution in [2.24, 2.45) is 0 Å². The number of anilines is 1. The van der Waals surface area contributed by atoms with E-state index in [2.05, 4.69) is 10.6 Å². The molecular formula is C19H22N2O4S. The van der Waals surface area contributed by atoms with Gasteiger partial charge in [0, 0.05) is 24.7 Å². The first-order chi connectivity index (χ1) is 12.2. The van der Waals surface area contributed by atoms with Gasteiger partial charge in [-0.25, -0.2) is 8.42 Å². The highest BCUT2D eigenvalue weighted by atomic mass is 32.2. The molecule has 0 aliphatic heterocycles. The van der Waals surface area contributed by atoms with Crippen LogP contribution in [0.2, 0.25) is 0 Å². The van der Waals surface area contributed by atoms with Crippen LogP contribution in [0.25, 0.3) is 0 Å². The lowest BCUT2D eigenvalue weighted by Crippen LogP contribution is -2.23. The maximum Gasteiger partial charge on any atom is 0.251 e. The van der Waals surface area contributed by atoms with Gasteiger partial charge in [-0.2, -0.15) is 0 Å². The first kappa shape index (κ1) is 19.7. The summed E-state index contributed by atoms with van der Waals surface area (Å²) in [6.07, 6.45) is 0. The molecule has 7 heteroatoms. The van der Waals surface area contributed by atoms with Crippen molar-refractivity contribution in [1.82, 2.24) is 5.32 Å².